The zero-order valence-corrected chi connectivity index (χ0v) is 17.4. The Hall–Kier alpha value is -1.26. The third kappa shape index (κ3) is 4.18. The maximum atomic E-state index is 13.5. The number of ether oxygens (including phenoxy) is 1. The van der Waals surface area contributed by atoms with Gasteiger partial charge < -0.3 is 4.74 Å². The molecule has 1 aromatic rings. The van der Waals surface area contributed by atoms with Crippen molar-refractivity contribution in [2.24, 2.45) is 5.92 Å². The molecule has 0 spiro atoms. The fourth-order valence-electron chi connectivity index (χ4n) is 3.76. The molecule has 2 atom stereocenters. The van der Waals surface area contributed by atoms with E-state index in [4.69, 9.17) is 21.2 Å². The van der Waals surface area contributed by atoms with Gasteiger partial charge in [0.2, 0.25) is 10.0 Å². The van der Waals surface area contributed by atoms with Crippen LogP contribution in [0.5, 0.6) is 0 Å². The Morgan fingerprint density at radius 3 is 2.64 bits per heavy atom. The highest BCUT2D eigenvalue weighted by Crippen LogP contribution is 2.37. The molecule has 156 valence electrons. The second kappa shape index (κ2) is 8.62. The van der Waals surface area contributed by atoms with E-state index in [1.165, 1.54) is 27.6 Å². The molecule has 0 radical (unpaired) electrons. The van der Waals surface area contributed by atoms with Crippen molar-refractivity contribution in [1.29, 1.82) is 0 Å². The molecule has 2 fully saturated rings. The average molecular weight is 435 g/mol. The Bertz CT molecular complexity index is 829. The number of carbonyl (C=O) groups excluding carboxylic acids is 1. The van der Waals surface area contributed by atoms with E-state index in [0.29, 0.717) is 25.0 Å². The predicted molar refractivity (Wildman–Crippen MR) is 102 cm³/mol. The number of rotatable bonds is 5. The van der Waals surface area contributed by atoms with Gasteiger partial charge >= 0.3 is 5.97 Å². The normalized spacial score (nSPS) is 25.1. The van der Waals surface area contributed by atoms with Crippen LogP contribution in [0.2, 0.25) is 5.02 Å². The lowest BCUT2D eigenvalue weighted by molar-refractivity contribution is -0.149. The minimum absolute atomic E-state index is 0.00367. The van der Waals surface area contributed by atoms with Crippen LogP contribution in [0.15, 0.2) is 18.2 Å². The highest BCUT2D eigenvalue weighted by molar-refractivity contribution is 7.89. The molecular weight excluding hydrogens is 411 g/mol. The van der Waals surface area contributed by atoms with Crippen LogP contribution in [0.4, 0.5) is 4.39 Å². The molecule has 0 aliphatic carbocycles. The molecule has 2 saturated heterocycles. The highest BCUT2D eigenvalue weighted by Gasteiger charge is 2.46. The summed E-state index contributed by atoms with van der Waals surface area (Å²) in [6.07, 6.45) is 0.850. The van der Waals surface area contributed by atoms with E-state index in [0.717, 1.165) is 0 Å². The fourth-order valence-corrected chi connectivity index (χ4v) is 5.94. The van der Waals surface area contributed by atoms with Gasteiger partial charge in [-0.2, -0.15) is 5.06 Å². The van der Waals surface area contributed by atoms with Gasteiger partial charge in [-0.1, -0.05) is 17.7 Å². The molecule has 0 N–H and O–H groups in total. The van der Waals surface area contributed by atoms with Gasteiger partial charge in [0.25, 0.3) is 0 Å². The van der Waals surface area contributed by atoms with E-state index in [1.807, 2.05) is 0 Å². The van der Waals surface area contributed by atoms with Crippen molar-refractivity contribution < 1.29 is 27.2 Å². The minimum atomic E-state index is -3.70. The molecule has 0 aromatic heterocycles. The number of piperidine rings is 1. The minimum Gasteiger partial charge on any atom is -0.466 e. The number of hydrogen-bond acceptors (Lipinski definition) is 6. The largest absolute Gasteiger partial charge is 0.466 e. The maximum absolute atomic E-state index is 13.5. The number of hydroxylamine groups is 2. The summed E-state index contributed by atoms with van der Waals surface area (Å²) >= 11 is 5.88. The summed E-state index contributed by atoms with van der Waals surface area (Å²) in [6.45, 7) is 2.56. The van der Waals surface area contributed by atoms with E-state index in [1.54, 1.807) is 14.0 Å². The molecule has 3 rings (SSSR count). The van der Waals surface area contributed by atoms with Gasteiger partial charge in [0, 0.05) is 20.1 Å². The molecule has 0 amide bonds. The Balaban J connectivity index is 1.77. The van der Waals surface area contributed by atoms with Crippen molar-refractivity contribution in [2.75, 3.05) is 33.4 Å². The topological polar surface area (TPSA) is 76.1 Å². The third-order valence-corrected chi connectivity index (χ3v) is 7.82. The summed E-state index contributed by atoms with van der Waals surface area (Å²) in [4.78, 5) is 17.4. The monoisotopic (exact) mass is 434 g/mol. The number of halogens is 2. The second-order valence-electron chi connectivity index (χ2n) is 6.97. The molecule has 7 nitrogen and oxygen atoms in total. The summed E-state index contributed by atoms with van der Waals surface area (Å²) in [5, 5.41) is 0.555. The zero-order valence-electron chi connectivity index (χ0n) is 15.8. The van der Waals surface area contributed by atoms with Crippen LogP contribution in [0.25, 0.3) is 0 Å². The molecule has 2 aliphatic rings. The van der Waals surface area contributed by atoms with Crippen LogP contribution in [0.3, 0.4) is 0 Å². The van der Waals surface area contributed by atoms with E-state index < -0.39 is 27.1 Å². The SMILES string of the molecule is CCOC(=O)C1CCN(S(=O)(=O)[C@H]2CON(C)[C@H]2c2ccc(F)c(Cl)c2)CC1. The smallest absolute Gasteiger partial charge is 0.309 e. The zero-order chi connectivity index (χ0) is 20.5. The first kappa shape index (κ1) is 21.4. The van der Waals surface area contributed by atoms with Crippen LogP contribution in [0, 0.1) is 11.7 Å². The lowest BCUT2D eigenvalue weighted by Crippen LogP contribution is -2.46. The summed E-state index contributed by atoms with van der Waals surface area (Å²) in [5.74, 6) is -1.12. The van der Waals surface area contributed by atoms with Gasteiger partial charge in [-0.05, 0) is 37.5 Å². The fraction of sp³-hybridized carbons (Fsp3) is 0.611. The van der Waals surface area contributed by atoms with E-state index in [9.17, 15) is 17.6 Å². The van der Waals surface area contributed by atoms with Gasteiger partial charge in [0.15, 0.2) is 0 Å². The van der Waals surface area contributed by atoms with Gasteiger partial charge in [0.05, 0.1) is 30.2 Å². The molecule has 0 saturated carbocycles. The number of hydrogen-bond donors (Lipinski definition) is 0. The van der Waals surface area contributed by atoms with E-state index in [2.05, 4.69) is 0 Å². The quantitative estimate of drug-likeness (QED) is 0.662. The summed E-state index contributed by atoms with van der Waals surface area (Å²) in [7, 11) is -2.06. The van der Waals surface area contributed by atoms with Crippen molar-refractivity contribution in [1.82, 2.24) is 9.37 Å². The number of carbonyl (C=O) groups is 1. The molecule has 10 heteroatoms. The molecule has 0 unspecified atom stereocenters. The van der Waals surface area contributed by atoms with Crippen LogP contribution in [-0.2, 0) is 24.4 Å². The standard InChI is InChI=1S/C18H24ClFN2O5S/c1-3-26-18(23)12-6-8-22(9-7-12)28(24,25)16-11-27-21(2)17(16)13-4-5-15(20)14(19)10-13/h4-5,10,12,16-17H,3,6-9,11H2,1-2H3/t16-,17-/m0/s1. The van der Waals surface area contributed by atoms with Crippen molar-refractivity contribution in [2.45, 2.75) is 31.1 Å². The van der Waals surface area contributed by atoms with Gasteiger partial charge in [-0.15, -0.1) is 0 Å². The summed E-state index contributed by atoms with van der Waals surface area (Å²) < 4.78 is 46.5. The molecule has 28 heavy (non-hydrogen) atoms. The van der Waals surface area contributed by atoms with Gasteiger partial charge in [0.1, 0.15) is 11.1 Å². The first-order valence-electron chi connectivity index (χ1n) is 9.22. The lowest BCUT2D eigenvalue weighted by atomic mass is 9.98. The third-order valence-electron chi connectivity index (χ3n) is 5.29. The van der Waals surface area contributed by atoms with Gasteiger partial charge in [-0.3, -0.25) is 9.63 Å². The first-order valence-corrected chi connectivity index (χ1v) is 11.1. The van der Waals surface area contributed by atoms with Crippen LogP contribution in [0.1, 0.15) is 31.4 Å². The Morgan fingerprint density at radius 1 is 1.36 bits per heavy atom. The molecular formula is C18H24ClFN2O5S. The highest BCUT2D eigenvalue weighted by atomic mass is 35.5. The number of nitrogens with zero attached hydrogens (tertiary/aromatic N) is 2. The molecule has 2 heterocycles. The van der Waals surface area contributed by atoms with Crippen LogP contribution in [-0.4, -0.2) is 62.4 Å². The van der Waals surface area contributed by atoms with Crippen molar-refractivity contribution >= 4 is 27.6 Å². The summed E-state index contributed by atoms with van der Waals surface area (Å²) in [5.41, 5.74) is 0.571. The lowest BCUT2D eigenvalue weighted by Gasteiger charge is -2.33. The predicted octanol–water partition coefficient (Wildman–Crippen LogP) is 2.37. The average Bonchev–Trinajstić information content (AvgIpc) is 3.06. The first-order chi connectivity index (χ1) is 13.3. The maximum Gasteiger partial charge on any atom is 0.309 e. The molecule has 1 aromatic carbocycles. The van der Waals surface area contributed by atoms with Crippen molar-refractivity contribution in [3.05, 3.63) is 34.6 Å². The Morgan fingerprint density at radius 2 is 2.04 bits per heavy atom. The number of benzene rings is 1. The van der Waals surface area contributed by atoms with Gasteiger partial charge in [-0.25, -0.2) is 17.1 Å². The van der Waals surface area contributed by atoms with E-state index >= 15 is 0 Å². The molecule has 0 bridgehead atoms. The summed E-state index contributed by atoms with van der Waals surface area (Å²) in [6, 6.07) is 3.57. The van der Waals surface area contributed by atoms with Crippen LogP contribution < -0.4 is 0 Å². The number of esters is 1. The second-order valence-corrected chi connectivity index (χ2v) is 9.53. The Kier molecular flexibility index (Phi) is 6.61. The van der Waals surface area contributed by atoms with Crippen LogP contribution >= 0.6 is 11.6 Å². The number of sulfonamides is 1. The molecule has 2 aliphatic heterocycles. The van der Waals surface area contributed by atoms with Crippen molar-refractivity contribution in [3.63, 3.8) is 0 Å². The van der Waals surface area contributed by atoms with Crippen molar-refractivity contribution in [3.8, 4) is 0 Å². The van der Waals surface area contributed by atoms with E-state index in [-0.39, 0.29) is 36.6 Å². The Labute approximate surface area is 169 Å².